The first-order valence-electron chi connectivity index (χ1n) is 12.2. The van der Waals surface area contributed by atoms with Crippen molar-refractivity contribution in [1.82, 2.24) is 9.21 Å². The fourth-order valence-electron chi connectivity index (χ4n) is 5.77. The number of nitrogens with zero attached hydrogens (tertiary/aromatic N) is 2. The topological polar surface area (TPSA) is 60.9 Å². The number of likely N-dealkylation sites (tertiary alicyclic amines) is 1. The molecule has 2 saturated heterocycles. The second-order valence-electron chi connectivity index (χ2n) is 10.1. The third kappa shape index (κ3) is 5.21. The van der Waals surface area contributed by atoms with Crippen LogP contribution in [0.1, 0.15) is 36.5 Å². The molecule has 1 N–H and O–H groups in total. The molecule has 4 rings (SSSR count). The summed E-state index contributed by atoms with van der Waals surface area (Å²) < 4.78 is 137. The minimum Gasteiger partial charge on any atom is -0.369 e. The van der Waals surface area contributed by atoms with Crippen LogP contribution in [0.5, 0.6) is 0 Å². The Labute approximate surface area is 230 Å². The number of aliphatic hydroxyl groups is 1. The maximum absolute atomic E-state index is 15.7. The molecule has 2 atom stereocenters. The van der Waals surface area contributed by atoms with Crippen LogP contribution in [0.25, 0.3) is 11.1 Å². The summed E-state index contributed by atoms with van der Waals surface area (Å²) in [5.74, 6) is -1.82. The SMILES string of the molecule is CCc1c(F)c(CN2CC3CCC(C2)N3S(C)(=O)=O)cc(F)c1-c1ccc(C(O)(C(F)(F)F)C(F)(F)F)cc1Cl. The highest BCUT2D eigenvalue weighted by Crippen LogP contribution is 2.51. The van der Waals surface area contributed by atoms with Gasteiger partial charge in [0.1, 0.15) is 11.6 Å². The third-order valence-corrected chi connectivity index (χ3v) is 9.16. The van der Waals surface area contributed by atoms with E-state index in [1.807, 2.05) is 4.90 Å². The summed E-state index contributed by atoms with van der Waals surface area (Å²) in [6.07, 6.45) is -9.98. The number of rotatable bonds is 6. The number of piperazine rings is 1. The quantitative estimate of drug-likeness (QED) is 0.417. The molecule has 0 radical (unpaired) electrons. The van der Waals surface area contributed by atoms with Gasteiger partial charge >= 0.3 is 12.4 Å². The van der Waals surface area contributed by atoms with E-state index in [0.29, 0.717) is 38.1 Å². The average molecular weight is 621 g/mol. The van der Waals surface area contributed by atoms with Gasteiger partial charge in [0.15, 0.2) is 0 Å². The van der Waals surface area contributed by atoms with Crippen LogP contribution in [-0.2, 0) is 28.6 Å². The molecule has 222 valence electrons. The standard InChI is InChI=1S/C25H25ClF8N2O3S/c1-3-17-21(18-7-4-14(9-19(18)26)23(37,24(29,30)31)25(32,33)34)20(27)8-13(22(17)28)10-35-11-15-5-6-16(12-35)36(15)40(2,38)39/h4,7-9,15-16,37H,3,5-6,10-12H2,1-2H3. The first-order chi connectivity index (χ1) is 18.3. The normalized spacial score (nSPS) is 21.3. The van der Waals surface area contributed by atoms with Gasteiger partial charge in [-0.05, 0) is 37.0 Å². The Bertz CT molecular complexity index is 1390. The van der Waals surface area contributed by atoms with Gasteiger partial charge in [-0.1, -0.05) is 30.7 Å². The zero-order valence-electron chi connectivity index (χ0n) is 21.2. The number of halogens is 9. The highest BCUT2D eigenvalue weighted by molar-refractivity contribution is 7.88. The van der Waals surface area contributed by atoms with Crippen LogP contribution in [0.2, 0.25) is 5.02 Å². The van der Waals surface area contributed by atoms with Crippen molar-refractivity contribution in [3.63, 3.8) is 0 Å². The number of benzene rings is 2. The molecule has 5 nitrogen and oxygen atoms in total. The fraction of sp³-hybridized carbons (Fsp3) is 0.520. The summed E-state index contributed by atoms with van der Waals surface area (Å²) >= 11 is 6.01. The zero-order valence-corrected chi connectivity index (χ0v) is 22.7. The largest absolute Gasteiger partial charge is 0.430 e. The van der Waals surface area contributed by atoms with Crippen LogP contribution in [0, 0.1) is 11.6 Å². The van der Waals surface area contributed by atoms with Crippen molar-refractivity contribution in [3.05, 3.63) is 57.6 Å². The lowest BCUT2D eigenvalue weighted by molar-refractivity contribution is -0.376. The fourth-order valence-corrected chi connectivity index (χ4v) is 7.47. The van der Waals surface area contributed by atoms with E-state index in [0.717, 1.165) is 12.3 Å². The number of alkyl halides is 6. The average Bonchev–Trinajstić information content (AvgIpc) is 3.11. The molecular formula is C25H25ClF8N2O3S. The Morgan fingerprint density at radius 1 is 1.00 bits per heavy atom. The molecular weight excluding hydrogens is 596 g/mol. The number of hydrogen-bond donors (Lipinski definition) is 1. The lowest BCUT2D eigenvalue weighted by Gasteiger charge is -2.39. The summed E-state index contributed by atoms with van der Waals surface area (Å²) in [6.45, 7) is 2.06. The molecule has 40 heavy (non-hydrogen) atoms. The van der Waals surface area contributed by atoms with E-state index in [4.69, 9.17) is 11.6 Å². The molecule has 0 amide bonds. The highest BCUT2D eigenvalue weighted by Gasteiger charge is 2.71. The molecule has 2 heterocycles. The maximum Gasteiger partial charge on any atom is 0.430 e. The highest BCUT2D eigenvalue weighted by atomic mass is 35.5. The van der Waals surface area contributed by atoms with E-state index in [-0.39, 0.29) is 47.8 Å². The Morgan fingerprint density at radius 2 is 1.55 bits per heavy atom. The van der Waals surface area contributed by atoms with Crippen LogP contribution < -0.4 is 0 Å². The van der Waals surface area contributed by atoms with E-state index in [1.54, 1.807) is 0 Å². The molecule has 2 aromatic rings. The van der Waals surface area contributed by atoms with Gasteiger partial charge in [0, 0.05) is 59.0 Å². The predicted octanol–water partition coefficient (Wildman–Crippen LogP) is 5.77. The van der Waals surface area contributed by atoms with Gasteiger partial charge in [0.2, 0.25) is 10.0 Å². The summed E-state index contributed by atoms with van der Waals surface area (Å²) in [4.78, 5) is 1.82. The van der Waals surface area contributed by atoms with Crippen molar-refractivity contribution in [3.8, 4) is 11.1 Å². The van der Waals surface area contributed by atoms with Crippen molar-refractivity contribution < 1.29 is 48.6 Å². The smallest absolute Gasteiger partial charge is 0.369 e. The predicted molar refractivity (Wildman–Crippen MR) is 131 cm³/mol. The lowest BCUT2D eigenvalue weighted by atomic mass is 9.89. The van der Waals surface area contributed by atoms with Crippen LogP contribution >= 0.6 is 11.6 Å². The van der Waals surface area contributed by atoms with Crippen molar-refractivity contribution in [1.29, 1.82) is 0 Å². The van der Waals surface area contributed by atoms with Crippen molar-refractivity contribution >= 4 is 21.6 Å². The van der Waals surface area contributed by atoms with Gasteiger partial charge in [-0.25, -0.2) is 17.2 Å². The first kappa shape index (κ1) is 30.9. The lowest BCUT2D eigenvalue weighted by Crippen LogP contribution is -2.55. The number of hydrogen-bond acceptors (Lipinski definition) is 4. The monoisotopic (exact) mass is 620 g/mol. The van der Waals surface area contributed by atoms with Gasteiger partial charge in [-0.15, -0.1) is 0 Å². The van der Waals surface area contributed by atoms with E-state index < -0.39 is 55.8 Å². The minimum atomic E-state index is -6.14. The van der Waals surface area contributed by atoms with Crippen molar-refractivity contribution in [2.75, 3.05) is 19.3 Å². The Kier molecular flexibility index (Phi) is 8.02. The van der Waals surface area contributed by atoms with Crippen LogP contribution in [0.4, 0.5) is 35.1 Å². The molecule has 0 spiro atoms. The molecule has 2 aliphatic heterocycles. The van der Waals surface area contributed by atoms with Gasteiger partial charge in [0.25, 0.3) is 5.60 Å². The summed E-state index contributed by atoms with van der Waals surface area (Å²) in [6, 6.07) is 1.54. The second-order valence-corrected chi connectivity index (χ2v) is 12.4. The summed E-state index contributed by atoms with van der Waals surface area (Å²) in [5, 5.41) is 8.90. The van der Waals surface area contributed by atoms with Crippen molar-refractivity contribution in [2.45, 2.75) is 62.8 Å². The molecule has 15 heteroatoms. The molecule has 0 saturated carbocycles. The minimum absolute atomic E-state index is 0.0402. The van der Waals surface area contributed by atoms with E-state index in [1.165, 1.54) is 11.2 Å². The molecule has 2 fully saturated rings. The second kappa shape index (κ2) is 10.4. The molecule has 2 bridgehead atoms. The maximum atomic E-state index is 15.7. The van der Waals surface area contributed by atoms with Gasteiger partial charge in [0.05, 0.1) is 6.26 Å². The van der Waals surface area contributed by atoms with E-state index in [2.05, 4.69) is 0 Å². The number of sulfonamides is 1. The molecule has 2 aliphatic rings. The van der Waals surface area contributed by atoms with Crippen LogP contribution in [0.15, 0.2) is 24.3 Å². The molecule has 0 aliphatic carbocycles. The summed E-state index contributed by atoms with van der Waals surface area (Å²) in [7, 11) is -3.43. The molecule has 0 aromatic heterocycles. The Hall–Kier alpha value is -2.00. The third-order valence-electron chi connectivity index (χ3n) is 7.49. The van der Waals surface area contributed by atoms with Gasteiger partial charge in [-0.3, -0.25) is 4.90 Å². The van der Waals surface area contributed by atoms with Crippen molar-refractivity contribution in [2.24, 2.45) is 0 Å². The summed E-state index contributed by atoms with van der Waals surface area (Å²) in [5.41, 5.74) is -7.86. The molecule has 2 aromatic carbocycles. The molecule has 2 unspecified atom stereocenters. The Balaban J connectivity index is 1.69. The zero-order chi connectivity index (χ0) is 30.0. The first-order valence-corrected chi connectivity index (χ1v) is 14.4. The van der Waals surface area contributed by atoms with Gasteiger partial charge < -0.3 is 5.11 Å². The van der Waals surface area contributed by atoms with Crippen LogP contribution in [-0.4, -0.2) is 66.5 Å². The number of fused-ring (bicyclic) bond motifs is 2. The Morgan fingerprint density at radius 3 is 2.00 bits per heavy atom. The van der Waals surface area contributed by atoms with Crippen LogP contribution in [0.3, 0.4) is 0 Å². The van der Waals surface area contributed by atoms with E-state index >= 15 is 8.78 Å². The van der Waals surface area contributed by atoms with E-state index in [9.17, 15) is 39.9 Å². The van der Waals surface area contributed by atoms with Gasteiger partial charge in [-0.2, -0.15) is 30.6 Å².